The van der Waals surface area contributed by atoms with Gasteiger partial charge in [-0.15, -0.1) is 0 Å². The SMILES string of the molecule is Cc1cc([C@@H](C)Nc2ccc(Cl)nc2C#N)c2oc(-c3ncccn3)c(C)c(=O)c2c1. The highest BCUT2D eigenvalue weighted by atomic mass is 35.5. The highest BCUT2D eigenvalue weighted by Crippen LogP contribution is 2.31. The second-order valence-corrected chi connectivity index (χ2v) is 7.58. The fraction of sp³-hybridized carbons (Fsp3) is 0.174. The molecule has 0 aliphatic heterocycles. The quantitative estimate of drug-likeness (QED) is 0.455. The van der Waals surface area contributed by atoms with Crippen LogP contribution in [0.3, 0.4) is 0 Å². The molecule has 1 atom stereocenters. The maximum atomic E-state index is 13.1. The first kappa shape index (κ1) is 20.5. The summed E-state index contributed by atoms with van der Waals surface area (Å²) in [5, 5.41) is 13.4. The third-order valence-electron chi connectivity index (χ3n) is 4.97. The van der Waals surface area contributed by atoms with Gasteiger partial charge < -0.3 is 9.73 Å². The molecule has 31 heavy (non-hydrogen) atoms. The van der Waals surface area contributed by atoms with Crippen LogP contribution in [0.4, 0.5) is 5.69 Å². The summed E-state index contributed by atoms with van der Waals surface area (Å²) in [6.07, 6.45) is 3.20. The molecule has 1 aromatic carbocycles. The van der Waals surface area contributed by atoms with E-state index in [4.69, 9.17) is 16.0 Å². The Kier molecular flexibility index (Phi) is 5.40. The van der Waals surface area contributed by atoms with Crippen molar-refractivity contribution in [3.05, 3.63) is 80.5 Å². The Morgan fingerprint density at radius 2 is 1.94 bits per heavy atom. The van der Waals surface area contributed by atoms with Crippen molar-refractivity contribution in [2.75, 3.05) is 5.32 Å². The summed E-state index contributed by atoms with van der Waals surface area (Å²) in [4.78, 5) is 25.7. The molecule has 0 unspecified atom stereocenters. The summed E-state index contributed by atoms with van der Waals surface area (Å²) in [5.74, 6) is 0.682. The van der Waals surface area contributed by atoms with E-state index in [0.29, 0.717) is 33.8 Å². The minimum absolute atomic E-state index is 0.133. The van der Waals surface area contributed by atoms with E-state index >= 15 is 0 Å². The monoisotopic (exact) mass is 431 g/mol. The standard InChI is InChI=1S/C23H18ClN5O2/c1-12-9-15(14(3)28-17-5-6-19(24)29-18(17)11-25)22-16(10-12)20(30)13(2)21(31-22)23-26-7-4-8-27-23/h4-10,14,28H,1-3H3/t14-/m1/s1. The lowest BCUT2D eigenvalue weighted by Crippen LogP contribution is -2.13. The van der Waals surface area contributed by atoms with Crippen LogP contribution in [-0.2, 0) is 0 Å². The number of nitriles is 1. The Bertz CT molecular complexity index is 1390. The lowest BCUT2D eigenvalue weighted by Gasteiger charge is -2.19. The van der Waals surface area contributed by atoms with Crippen molar-refractivity contribution in [2.24, 2.45) is 0 Å². The lowest BCUT2D eigenvalue weighted by atomic mass is 9.99. The first-order valence-corrected chi connectivity index (χ1v) is 9.95. The highest BCUT2D eigenvalue weighted by molar-refractivity contribution is 6.29. The maximum absolute atomic E-state index is 13.1. The molecule has 0 amide bonds. The van der Waals surface area contributed by atoms with E-state index < -0.39 is 0 Å². The predicted octanol–water partition coefficient (Wildman–Crippen LogP) is 4.96. The number of rotatable bonds is 4. The number of benzene rings is 1. The molecule has 0 saturated carbocycles. The molecule has 0 radical (unpaired) electrons. The van der Waals surface area contributed by atoms with Crippen molar-refractivity contribution in [1.82, 2.24) is 15.0 Å². The lowest BCUT2D eigenvalue weighted by molar-refractivity contribution is 0.599. The van der Waals surface area contributed by atoms with Crippen LogP contribution in [-0.4, -0.2) is 15.0 Å². The number of aromatic nitrogens is 3. The van der Waals surface area contributed by atoms with Crippen LogP contribution in [0, 0.1) is 25.2 Å². The number of fused-ring (bicyclic) bond motifs is 1. The Labute approximate surface area is 183 Å². The third kappa shape index (κ3) is 3.86. The number of hydrogen-bond donors (Lipinski definition) is 1. The molecule has 0 fully saturated rings. The van der Waals surface area contributed by atoms with Crippen LogP contribution in [0.5, 0.6) is 0 Å². The van der Waals surface area contributed by atoms with Crippen molar-refractivity contribution >= 4 is 28.3 Å². The predicted molar refractivity (Wildman–Crippen MR) is 119 cm³/mol. The van der Waals surface area contributed by atoms with Crippen molar-refractivity contribution in [3.8, 4) is 17.7 Å². The molecule has 8 heteroatoms. The van der Waals surface area contributed by atoms with Gasteiger partial charge in [0, 0.05) is 23.5 Å². The number of hydrogen-bond acceptors (Lipinski definition) is 7. The number of nitrogens with one attached hydrogen (secondary N) is 1. The average Bonchev–Trinajstić information content (AvgIpc) is 2.77. The van der Waals surface area contributed by atoms with Crippen LogP contribution in [0.15, 0.2) is 51.9 Å². The van der Waals surface area contributed by atoms with E-state index in [0.717, 1.165) is 11.1 Å². The van der Waals surface area contributed by atoms with Crippen LogP contribution >= 0.6 is 11.6 Å². The maximum Gasteiger partial charge on any atom is 0.196 e. The minimum Gasteiger partial charge on any atom is -0.452 e. The zero-order valence-corrected chi connectivity index (χ0v) is 17.9. The minimum atomic E-state index is -0.298. The van der Waals surface area contributed by atoms with Gasteiger partial charge in [-0.3, -0.25) is 4.79 Å². The summed E-state index contributed by atoms with van der Waals surface area (Å²) in [6.45, 7) is 5.55. The van der Waals surface area contributed by atoms with Gasteiger partial charge in [0.25, 0.3) is 0 Å². The molecule has 4 aromatic rings. The molecule has 154 valence electrons. The molecule has 0 bridgehead atoms. The number of halogens is 1. The first-order chi connectivity index (χ1) is 14.9. The smallest absolute Gasteiger partial charge is 0.196 e. The van der Waals surface area contributed by atoms with E-state index in [1.54, 1.807) is 37.5 Å². The van der Waals surface area contributed by atoms with Gasteiger partial charge in [0.05, 0.1) is 17.1 Å². The van der Waals surface area contributed by atoms with E-state index in [9.17, 15) is 10.1 Å². The molecular weight excluding hydrogens is 414 g/mol. The van der Waals surface area contributed by atoms with E-state index in [1.807, 2.05) is 32.0 Å². The molecule has 1 N–H and O–H groups in total. The van der Waals surface area contributed by atoms with Crippen molar-refractivity contribution < 1.29 is 4.42 Å². The van der Waals surface area contributed by atoms with Gasteiger partial charge in [-0.25, -0.2) is 15.0 Å². The number of nitrogens with zero attached hydrogens (tertiary/aromatic N) is 4. The summed E-state index contributed by atoms with van der Waals surface area (Å²) in [5.41, 5.74) is 3.17. The number of pyridine rings is 1. The normalized spacial score (nSPS) is 11.8. The fourth-order valence-electron chi connectivity index (χ4n) is 3.47. The molecule has 3 heterocycles. The summed E-state index contributed by atoms with van der Waals surface area (Å²) in [6, 6.07) is 10.5. The van der Waals surface area contributed by atoms with Crippen molar-refractivity contribution in [3.63, 3.8) is 0 Å². The molecule has 0 aliphatic carbocycles. The largest absolute Gasteiger partial charge is 0.452 e. The second-order valence-electron chi connectivity index (χ2n) is 7.20. The molecule has 0 saturated heterocycles. The van der Waals surface area contributed by atoms with Gasteiger partial charge >= 0.3 is 0 Å². The molecule has 0 spiro atoms. The molecular formula is C23H18ClN5O2. The van der Waals surface area contributed by atoms with Gasteiger partial charge in [0.15, 0.2) is 22.7 Å². The first-order valence-electron chi connectivity index (χ1n) is 9.57. The third-order valence-corrected chi connectivity index (χ3v) is 5.18. The Morgan fingerprint density at radius 1 is 1.19 bits per heavy atom. The summed E-state index contributed by atoms with van der Waals surface area (Å²) in [7, 11) is 0. The second kappa shape index (κ2) is 8.17. The van der Waals surface area contributed by atoms with Gasteiger partial charge in [0.1, 0.15) is 16.8 Å². The van der Waals surface area contributed by atoms with Gasteiger partial charge in [-0.1, -0.05) is 17.7 Å². The van der Waals surface area contributed by atoms with Gasteiger partial charge in [-0.05, 0) is 50.6 Å². The topological polar surface area (TPSA) is 105 Å². The van der Waals surface area contributed by atoms with Crippen LogP contribution < -0.4 is 10.7 Å². The van der Waals surface area contributed by atoms with E-state index in [1.165, 1.54) is 0 Å². The highest BCUT2D eigenvalue weighted by Gasteiger charge is 2.20. The van der Waals surface area contributed by atoms with Gasteiger partial charge in [-0.2, -0.15) is 5.26 Å². The Hall–Kier alpha value is -3.76. The molecule has 7 nitrogen and oxygen atoms in total. The van der Waals surface area contributed by atoms with Crippen LogP contribution in [0.2, 0.25) is 5.15 Å². The fourth-order valence-corrected chi connectivity index (χ4v) is 3.61. The summed E-state index contributed by atoms with van der Waals surface area (Å²) >= 11 is 5.90. The van der Waals surface area contributed by atoms with Gasteiger partial charge in [0.2, 0.25) is 0 Å². The van der Waals surface area contributed by atoms with Crippen molar-refractivity contribution in [1.29, 1.82) is 5.26 Å². The van der Waals surface area contributed by atoms with Crippen LogP contribution in [0.1, 0.15) is 35.3 Å². The van der Waals surface area contributed by atoms with Crippen LogP contribution in [0.25, 0.3) is 22.6 Å². The number of anilines is 1. The zero-order valence-electron chi connectivity index (χ0n) is 17.1. The average molecular weight is 432 g/mol. The van der Waals surface area contributed by atoms with E-state index in [-0.39, 0.29) is 22.3 Å². The molecule has 0 aliphatic rings. The molecule has 4 rings (SSSR count). The van der Waals surface area contributed by atoms with E-state index in [2.05, 4.69) is 20.3 Å². The summed E-state index contributed by atoms with van der Waals surface area (Å²) < 4.78 is 6.21. The Balaban J connectivity index is 1.89. The number of aryl methyl sites for hydroxylation is 1. The Morgan fingerprint density at radius 3 is 2.65 bits per heavy atom. The molecule has 3 aromatic heterocycles. The zero-order chi connectivity index (χ0) is 22.1. The van der Waals surface area contributed by atoms with Crippen molar-refractivity contribution in [2.45, 2.75) is 26.8 Å².